The number of aliphatic carboxylic acids is 1. The predicted molar refractivity (Wildman–Crippen MR) is 62.9 cm³/mol. The van der Waals surface area contributed by atoms with Crippen LogP contribution in [0.15, 0.2) is 18.7 Å². The van der Waals surface area contributed by atoms with Crippen molar-refractivity contribution in [3.05, 3.63) is 18.7 Å². The molecule has 0 aromatic carbocycles. The van der Waals surface area contributed by atoms with Crippen LogP contribution >= 0.6 is 0 Å². The van der Waals surface area contributed by atoms with Crippen molar-refractivity contribution >= 4 is 17.7 Å². The maximum absolute atomic E-state index is 11.7. The van der Waals surface area contributed by atoms with Gasteiger partial charge in [-0.15, -0.1) is 0 Å². The van der Waals surface area contributed by atoms with E-state index in [1.807, 2.05) is 0 Å². The molecule has 18 heavy (non-hydrogen) atoms. The molecule has 0 bridgehead atoms. The number of carbonyl (C=O) groups excluding carboxylic acids is 1. The first-order valence-electron chi connectivity index (χ1n) is 5.61. The highest BCUT2D eigenvalue weighted by Gasteiger charge is 2.37. The Labute approximate surface area is 104 Å². The third-order valence-electron chi connectivity index (χ3n) is 3.11. The zero-order valence-electron chi connectivity index (χ0n) is 9.91. The van der Waals surface area contributed by atoms with Gasteiger partial charge in [0.05, 0.1) is 24.0 Å². The number of carbonyl (C=O) groups is 2. The van der Waals surface area contributed by atoms with E-state index < -0.39 is 11.9 Å². The molecule has 2 amide bonds. The third-order valence-corrected chi connectivity index (χ3v) is 3.11. The summed E-state index contributed by atoms with van der Waals surface area (Å²) in [6.45, 7) is 2.59. The Balaban J connectivity index is 1.82. The Morgan fingerprint density at radius 3 is 2.61 bits per heavy atom. The highest BCUT2D eigenvalue weighted by atomic mass is 16.4. The van der Waals surface area contributed by atoms with Crippen LogP contribution in [0.5, 0.6) is 0 Å². The van der Waals surface area contributed by atoms with E-state index in [-0.39, 0.29) is 11.9 Å². The van der Waals surface area contributed by atoms with E-state index in [1.165, 1.54) is 18.7 Å². The van der Waals surface area contributed by atoms with Crippen molar-refractivity contribution in [3.8, 4) is 0 Å². The van der Waals surface area contributed by atoms with E-state index in [2.05, 4.69) is 15.3 Å². The summed E-state index contributed by atoms with van der Waals surface area (Å²) in [4.78, 5) is 31.6. The summed E-state index contributed by atoms with van der Waals surface area (Å²) >= 11 is 0. The number of nitrogens with zero attached hydrogens (tertiary/aromatic N) is 3. The van der Waals surface area contributed by atoms with Crippen LogP contribution in [-0.4, -0.2) is 45.1 Å². The fraction of sp³-hybridized carbons (Fsp3) is 0.455. The van der Waals surface area contributed by atoms with Gasteiger partial charge in [-0.1, -0.05) is 6.92 Å². The summed E-state index contributed by atoms with van der Waals surface area (Å²) in [5, 5.41) is 11.5. The molecular weight excluding hydrogens is 236 g/mol. The van der Waals surface area contributed by atoms with Gasteiger partial charge in [0.2, 0.25) is 0 Å². The molecule has 2 rings (SSSR count). The SMILES string of the molecule is CC(C(=O)O)C1CN(C(=O)Nc2cncnc2)C1. The van der Waals surface area contributed by atoms with Crippen molar-refractivity contribution < 1.29 is 14.7 Å². The van der Waals surface area contributed by atoms with Crippen molar-refractivity contribution in [2.24, 2.45) is 11.8 Å². The molecule has 0 radical (unpaired) electrons. The number of rotatable bonds is 3. The lowest BCUT2D eigenvalue weighted by atomic mass is 9.87. The molecule has 1 saturated heterocycles. The van der Waals surface area contributed by atoms with E-state index >= 15 is 0 Å². The van der Waals surface area contributed by atoms with Gasteiger partial charge in [0, 0.05) is 19.0 Å². The van der Waals surface area contributed by atoms with E-state index in [1.54, 1.807) is 11.8 Å². The van der Waals surface area contributed by atoms with Crippen LogP contribution in [0.3, 0.4) is 0 Å². The number of aromatic nitrogens is 2. The molecule has 0 saturated carbocycles. The number of amides is 2. The number of hydrogen-bond donors (Lipinski definition) is 2. The summed E-state index contributed by atoms with van der Waals surface area (Å²) in [6.07, 6.45) is 4.38. The molecule has 0 aliphatic carbocycles. The normalized spacial score (nSPS) is 16.8. The highest BCUT2D eigenvalue weighted by molar-refractivity contribution is 5.89. The maximum atomic E-state index is 11.7. The summed E-state index contributed by atoms with van der Waals surface area (Å²) in [7, 11) is 0. The van der Waals surface area contributed by atoms with Crippen LogP contribution in [0.2, 0.25) is 0 Å². The largest absolute Gasteiger partial charge is 0.481 e. The van der Waals surface area contributed by atoms with Crippen molar-refractivity contribution in [2.75, 3.05) is 18.4 Å². The predicted octanol–water partition coefficient (Wildman–Crippen LogP) is 0.661. The fourth-order valence-electron chi connectivity index (χ4n) is 1.76. The number of carboxylic acid groups (broad SMARTS) is 1. The first-order chi connectivity index (χ1) is 8.58. The van der Waals surface area contributed by atoms with Crippen molar-refractivity contribution in [1.29, 1.82) is 0 Å². The molecular formula is C11H14N4O3. The molecule has 1 aromatic heterocycles. The second-order valence-corrected chi connectivity index (χ2v) is 4.35. The highest BCUT2D eigenvalue weighted by Crippen LogP contribution is 2.24. The summed E-state index contributed by atoms with van der Waals surface area (Å²) < 4.78 is 0. The lowest BCUT2D eigenvalue weighted by Gasteiger charge is -2.40. The van der Waals surface area contributed by atoms with Gasteiger partial charge in [-0.25, -0.2) is 14.8 Å². The molecule has 1 fully saturated rings. The molecule has 0 spiro atoms. The van der Waals surface area contributed by atoms with Gasteiger partial charge in [-0.05, 0) is 0 Å². The monoisotopic (exact) mass is 250 g/mol. The van der Waals surface area contributed by atoms with Crippen LogP contribution in [0.1, 0.15) is 6.92 Å². The second kappa shape index (κ2) is 4.99. The topological polar surface area (TPSA) is 95.4 Å². The van der Waals surface area contributed by atoms with Gasteiger partial charge in [-0.3, -0.25) is 4.79 Å². The zero-order chi connectivity index (χ0) is 13.1. The summed E-state index contributed by atoms with van der Waals surface area (Å²) in [5.74, 6) is -1.22. The molecule has 2 heterocycles. The van der Waals surface area contributed by atoms with Gasteiger partial charge in [0.25, 0.3) is 0 Å². The molecule has 1 unspecified atom stereocenters. The number of urea groups is 1. The third kappa shape index (κ3) is 2.55. The number of hydrogen-bond acceptors (Lipinski definition) is 4. The molecule has 1 atom stereocenters. The van der Waals surface area contributed by atoms with Gasteiger partial charge in [-0.2, -0.15) is 0 Å². The molecule has 96 valence electrons. The Morgan fingerprint density at radius 1 is 1.44 bits per heavy atom. The van der Waals surface area contributed by atoms with Crippen molar-refractivity contribution in [2.45, 2.75) is 6.92 Å². The summed E-state index contributed by atoms with van der Waals surface area (Å²) in [6, 6.07) is -0.251. The van der Waals surface area contributed by atoms with Gasteiger partial charge >= 0.3 is 12.0 Å². The van der Waals surface area contributed by atoms with E-state index in [0.717, 1.165) is 0 Å². The smallest absolute Gasteiger partial charge is 0.321 e. The lowest BCUT2D eigenvalue weighted by Crippen LogP contribution is -2.54. The first kappa shape index (κ1) is 12.3. The Bertz CT molecular complexity index is 445. The fourth-order valence-corrected chi connectivity index (χ4v) is 1.76. The Kier molecular flexibility index (Phi) is 3.40. The average molecular weight is 250 g/mol. The number of likely N-dealkylation sites (tertiary alicyclic amines) is 1. The minimum atomic E-state index is -0.823. The molecule has 1 aliphatic rings. The molecule has 7 heteroatoms. The minimum absolute atomic E-state index is 0.0280. The Hall–Kier alpha value is -2.18. The number of nitrogens with one attached hydrogen (secondary N) is 1. The maximum Gasteiger partial charge on any atom is 0.321 e. The zero-order valence-corrected chi connectivity index (χ0v) is 9.91. The summed E-state index contributed by atoms with van der Waals surface area (Å²) in [5.41, 5.74) is 0.525. The molecule has 1 aliphatic heterocycles. The standard InChI is InChI=1S/C11H14N4O3/c1-7(10(16)17)8-4-15(5-8)11(18)14-9-2-12-6-13-3-9/h2-3,6-8H,4-5H2,1H3,(H,14,18)(H,16,17). The molecule has 1 aromatic rings. The Morgan fingerprint density at radius 2 is 2.06 bits per heavy atom. The molecule has 7 nitrogen and oxygen atoms in total. The van der Waals surface area contributed by atoms with Gasteiger partial charge < -0.3 is 15.3 Å². The van der Waals surface area contributed by atoms with Crippen LogP contribution in [0.25, 0.3) is 0 Å². The van der Waals surface area contributed by atoms with Gasteiger partial charge in [0.15, 0.2) is 0 Å². The lowest BCUT2D eigenvalue weighted by molar-refractivity contribution is -0.144. The van der Waals surface area contributed by atoms with Crippen molar-refractivity contribution in [3.63, 3.8) is 0 Å². The first-order valence-corrected chi connectivity index (χ1v) is 5.61. The van der Waals surface area contributed by atoms with Crippen molar-refractivity contribution in [1.82, 2.24) is 14.9 Å². The number of anilines is 1. The van der Waals surface area contributed by atoms with Crippen LogP contribution in [0.4, 0.5) is 10.5 Å². The van der Waals surface area contributed by atoms with E-state index in [4.69, 9.17) is 5.11 Å². The average Bonchev–Trinajstić information content (AvgIpc) is 2.28. The van der Waals surface area contributed by atoms with Crippen LogP contribution in [-0.2, 0) is 4.79 Å². The van der Waals surface area contributed by atoms with Crippen LogP contribution < -0.4 is 5.32 Å². The van der Waals surface area contributed by atoms with Gasteiger partial charge in [0.1, 0.15) is 6.33 Å². The second-order valence-electron chi connectivity index (χ2n) is 4.35. The minimum Gasteiger partial charge on any atom is -0.481 e. The van der Waals surface area contributed by atoms with Crippen LogP contribution in [0, 0.1) is 11.8 Å². The number of carboxylic acids is 1. The molecule has 2 N–H and O–H groups in total. The van der Waals surface area contributed by atoms with E-state index in [0.29, 0.717) is 18.8 Å². The quantitative estimate of drug-likeness (QED) is 0.821. The van der Waals surface area contributed by atoms with E-state index in [9.17, 15) is 9.59 Å².